The first-order chi connectivity index (χ1) is 10.3. The molecule has 130 valence electrons. The van der Waals surface area contributed by atoms with Crippen LogP contribution in [0, 0.1) is 5.82 Å². The summed E-state index contributed by atoms with van der Waals surface area (Å²) in [5, 5.41) is 3.08. The second-order valence-corrected chi connectivity index (χ2v) is 8.13. The van der Waals surface area contributed by atoms with Gasteiger partial charge in [-0.3, -0.25) is 4.79 Å². The Bertz CT molecular complexity index is 660. The SMILES string of the molecule is CN(Cc1cccc(F)c1)C(=O)C1(S(C)(=O)=O)CCNCC1.Cl. The largest absolute Gasteiger partial charge is 0.340 e. The molecule has 0 radical (unpaired) electrons. The molecule has 8 heteroatoms. The van der Waals surface area contributed by atoms with E-state index in [1.54, 1.807) is 19.2 Å². The van der Waals surface area contributed by atoms with Gasteiger partial charge in [-0.2, -0.15) is 0 Å². The summed E-state index contributed by atoms with van der Waals surface area (Å²) < 4.78 is 36.3. The lowest BCUT2D eigenvalue weighted by molar-refractivity contribution is -0.134. The molecule has 0 atom stereocenters. The van der Waals surface area contributed by atoms with E-state index in [1.165, 1.54) is 17.0 Å². The molecule has 0 aliphatic carbocycles. The van der Waals surface area contributed by atoms with Crippen molar-refractivity contribution < 1.29 is 17.6 Å². The fraction of sp³-hybridized carbons (Fsp3) is 0.533. The molecule has 1 aliphatic heterocycles. The Morgan fingerprint density at radius 1 is 1.35 bits per heavy atom. The van der Waals surface area contributed by atoms with Crippen LogP contribution in [0.1, 0.15) is 18.4 Å². The third-order valence-electron chi connectivity index (χ3n) is 4.17. The lowest BCUT2D eigenvalue weighted by atomic mass is 9.95. The first-order valence-electron chi connectivity index (χ1n) is 7.16. The summed E-state index contributed by atoms with van der Waals surface area (Å²) in [5.74, 6) is -0.793. The molecule has 1 aromatic carbocycles. The molecule has 1 amide bonds. The first kappa shape index (κ1) is 19.9. The van der Waals surface area contributed by atoms with Gasteiger partial charge < -0.3 is 10.2 Å². The molecule has 2 rings (SSSR count). The van der Waals surface area contributed by atoms with Gasteiger partial charge in [-0.25, -0.2) is 12.8 Å². The highest BCUT2D eigenvalue weighted by Gasteiger charge is 2.49. The van der Waals surface area contributed by atoms with Crippen molar-refractivity contribution in [1.29, 1.82) is 0 Å². The first-order valence-corrected chi connectivity index (χ1v) is 9.06. The average Bonchev–Trinajstić information content (AvgIpc) is 2.46. The number of nitrogens with one attached hydrogen (secondary N) is 1. The fourth-order valence-electron chi connectivity index (χ4n) is 2.90. The number of benzene rings is 1. The molecule has 1 aliphatic rings. The number of hydrogen-bond acceptors (Lipinski definition) is 4. The van der Waals surface area contributed by atoms with Crippen LogP contribution in [-0.2, 0) is 21.2 Å². The number of piperidine rings is 1. The van der Waals surface area contributed by atoms with Crippen molar-refractivity contribution in [3.05, 3.63) is 35.6 Å². The van der Waals surface area contributed by atoms with Crippen LogP contribution < -0.4 is 5.32 Å². The highest BCUT2D eigenvalue weighted by molar-refractivity contribution is 7.92. The number of hydrogen-bond donors (Lipinski definition) is 1. The molecule has 1 heterocycles. The van der Waals surface area contributed by atoms with Crippen LogP contribution in [0.5, 0.6) is 0 Å². The summed E-state index contributed by atoms with van der Waals surface area (Å²) in [6.45, 7) is 1.17. The van der Waals surface area contributed by atoms with E-state index >= 15 is 0 Å². The van der Waals surface area contributed by atoms with E-state index in [9.17, 15) is 17.6 Å². The van der Waals surface area contributed by atoms with E-state index in [0.29, 0.717) is 18.7 Å². The molecular formula is C15H22ClFN2O3S. The Morgan fingerprint density at radius 2 is 1.96 bits per heavy atom. The zero-order valence-corrected chi connectivity index (χ0v) is 14.8. The maximum Gasteiger partial charge on any atom is 0.244 e. The molecule has 0 bridgehead atoms. The number of carbonyl (C=O) groups excluding carboxylic acids is 1. The Labute approximate surface area is 142 Å². The Hall–Kier alpha value is -1.18. The normalized spacial score (nSPS) is 17.2. The van der Waals surface area contributed by atoms with Gasteiger partial charge in [0.05, 0.1) is 0 Å². The number of rotatable bonds is 4. The molecule has 23 heavy (non-hydrogen) atoms. The van der Waals surface area contributed by atoms with Crippen molar-refractivity contribution in [1.82, 2.24) is 10.2 Å². The van der Waals surface area contributed by atoms with Crippen molar-refractivity contribution >= 4 is 28.2 Å². The van der Waals surface area contributed by atoms with Crippen LogP contribution in [0.4, 0.5) is 4.39 Å². The second kappa shape index (κ2) is 7.59. The molecular weight excluding hydrogens is 343 g/mol. The van der Waals surface area contributed by atoms with Gasteiger partial charge in [0.15, 0.2) is 14.6 Å². The molecule has 1 saturated heterocycles. The highest BCUT2D eigenvalue weighted by atomic mass is 35.5. The zero-order chi connectivity index (χ0) is 16.4. The van der Waals surface area contributed by atoms with E-state index in [1.807, 2.05) is 0 Å². The monoisotopic (exact) mass is 364 g/mol. The van der Waals surface area contributed by atoms with Crippen LogP contribution in [0.25, 0.3) is 0 Å². The predicted molar refractivity (Wildman–Crippen MR) is 89.8 cm³/mol. The molecule has 0 spiro atoms. The molecule has 1 N–H and O–H groups in total. The number of nitrogens with zero attached hydrogens (tertiary/aromatic N) is 1. The van der Waals surface area contributed by atoms with E-state index < -0.39 is 20.5 Å². The third-order valence-corrected chi connectivity index (χ3v) is 6.17. The fourth-order valence-corrected chi connectivity index (χ4v) is 4.32. The minimum absolute atomic E-state index is 0. The minimum atomic E-state index is -3.54. The number of sulfone groups is 1. The second-order valence-electron chi connectivity index (χ2n) is 5.81. The van der Waals surface area contributed by atoms with E-state index in [2.05, 4.69) is 5.32 Å². The molecule has 0 aromatic heterocycles. The van der Waals surface area contributed by atoms with Crippen molar-refractivity contribution in [2.24, 2.45) is 0 Å². The lowest BCUT2D eigenvalue weighted by Gasteiger charge is -2.37. The minimum Gasteiger partial charge on any atom is -0.340 e. The molecule has 1 aromatic rings. The van der Waals surface area contributed by atoms with Gasteiger partial charge in [0.1, 0.15) is 5.82 Å². The quantitative estimate of drug-likeness (QED) is 0.876. The Balaban J connectivity index is 0.00000264. The molecule has 5 nitrogen and oxygen atoms in total. The topological polar surface area (TPSA) is 66.5 Å². The predicted octanol–water partition coefficient (Wildman–Crippen LogP) is 1.37. The van der Waals surface area contributed by atoms with Crippen molar-refractivity contribution in [2.75, 3.05) is 26.4 Å². The van der Waals surface area contributed by atoms with E-state index in [0.717, 1.165) is 6.26 Å². The lowest BCUT2D eigenvalue weighted by Crippen LogP contribution is -2.57. The number of amides is 1. The smallest absolute Gasteiger partial charge is 0.244 e. The number of carbonyl (C=O) groups is 1. The highest BCUT2D eigenvalue weighted by Crippen LogP contribution is 2.30. The van der Waals surface area contributed by atoms with Gasteiger partial charge >= 0.3 is 0 Å². The number of halogens is 2. The van der Waals surface area contributed by atoms with Crippen molar-refractivity contribution in [3.63, 3.8) is 0 Å². The average molecular weight is 365 g/mol. The van der Waals surface area contributed by atoms with Gasteiger partial charge in [0.2, 0.25) is 5.91 Å². The van der Waals surface area contributed by atoms with Crippen LogP contribution in [0.3, 0.4) is 0 Å². The Morgan fingerprint density at radius 3 is 2.48 bits per heavy atom. The zero-order valence-electron chi connectivity index (χ0n) is 13.2. The molecule has 1 fully saturated rings. The van der Waals surface area contributed by atoms with Crippen LogP contribution in [0.2, 0.25) is 0 Å². The van der Waals surface area contributed by atoms with Crippen LogP contribution in [-0.4, -0.2) is 50.4 Å². The maximum atomic E-state index is 13.2. The van der Waals surface area contributed by atoms with Crippen molar-refractivity contribution in [3.8, 4) is 0 Å². The molecule has 0 saturated carbocycles. The standard InChI is InChI=1S/C15H21FN2O3S.ClH/c1-18(11-12-4-3-5-13(16)10-12)14(19)15(22(2,20)21)6-8-17-9-7-15;/h3-5,10,17H,6-9,11H2,1-2H3;1H. The van der Waals surface area contributed by atoms with Crippen LogP contribution in [0.15, 0.2) is 24.3 Å². The Kier molecular flexibility index (Phi) is 6.56. The van der Waals surface area contributed by atoms with Crippen molar-refractivity contribution in [2.45, 2.75) is 24.1 Å². The summed E-state index contributed by atoms with van der Waals surface area (Å²) in [6.07, 6.45) is 1.64. The summed E-state index contributed by atoms with van der Waals surface area (Å²) in [4.78, 5) is 14.2. The summed E-state index contributed by atoms with van der Waals surface area (Å²) in [7, 11) is -1.98. The van der Waals surface area contributed by atoms with E-state index in [-0.39, 0.29) is 37.6 Å². The van der Waals surface area contributed by atoms with Crippen LogP contribution >= 0.6 is 12.4 Å². The van der Waals surface area contributed by atoms with E-state index in [4.69, 9.17) is 0 Å². The third kappa shape index (κ3) is 4.22. The van der Waals surface area contributed by atoms with Gasteiger partial charge in [-0.1, -0.05) is 12.1 Å². The van der Waals surface area contributed by atoms with Gasteiger partial charge in [0.25, 0.3) is 0 Å². The summed E-state index contributed by atoms with van der Waals surface area (Å²) in [5.41, 5.74) is 0.633. The maximum absolute atomic E-state index is 13.2. The summed E-state index contributed by atoms with van der Waals surface area (Å²) in [6, 6.07) is 5.96. The van der Waals surface area contributed by atoms with Gasteiger partial charge in [0, 0.05) is 19.8 Å². The van der Waals surface area contributed by atoms with Gasteiger partial charge in [-0.15, -0.1) is 12.4 Å². The molecule has 0 unspecified atom stereocenters. The summed E-state index contributed by atoms with van der Waals surface area (Å²) >= 11 is 0. The van der Waals surface area contributed by atoms with Gasteiger partial charge in [-0.05, 0) is 43.6 Å².